The third kappa shape index (κ3) is 7.47. The molecule has 0 bridgehead atoms. The van der Waals surface area contributed by atoms with Gasteiger partial charge in [0.1, 0.15) is 42.3 Å². The van der Waals surface area contributed by atoms with Crippen molar-refractivity contribution in [1.82, 2.24) is 19.5 Å². The van der Waals surface area contributed by atoms with E-state index in [4.69, 9.17) is 40.6 Å². The van der Waals surface area contributed by atoms with Crippen LogP contribution in [0.15, 0.2) is 29.3 Å². The molecule has 0 spiro atoms. The summed E-state index contributed by atoms with van der Waals surface area (Å²) < 4.78 is 23.7. The molecule has 1 saturated heterocycles. The van der Waals surface area contributed by atoms with Crippen LogP contribution < -0.4 is 21.8 Å². The van der Waals surface area contributed by atoms with E-state index in [0.29, 0.717) is 0 Å². The second-order valence-electron chi connectivity index (χ2n) is 13.8. The molecule has 3 aliphatic rings. The fourth-order valence-corrected chi connectivity index (χ4v) is 7.16. The monoisotopic (exact) mass is 798 g/mol. The number of ketones is 3. The van der Waals surface area contributed by atoms with Gasteiger partial charge in [-0.15, -0.1) is 0 Å². The highest BCUT2D eigenvalue weighted by Crippen LogP contribution is 2.52. The normalized spacial score (nSPS) is 24.1. The number of anilines is 1. The number of phenolic OH excluding ortho intramolecular Hbond substituents is 2. The van der Waals surface area contributed by atoms with Crippen molar-refractivity contribution in [3.63, 3.8) is 0 Å². The highest BCUT2D eigenvalue weighted by atomic mass is 16.7. The summed E-state index contributed by atoms with van der Waals surface area (Å²) in [7, 11) is 1.32. The zero-order valence-electron chi connectivity index (χ0n) is 30.6. The van der Waals surface area contributed by atoms with E-state index in [0.717, 1.165) is 0 Å². The van der Waals surface area contributed by atoms with E-state index < -0.39 is 107 Å². The predicted octanol–water partition coefficient (Wildman–Crippen LogP) is -1.97. The smallest absolute Gasteiger partial charge is 0.280 e. The predicted molar refractivity (Wildman–Crippen MR) is 193 cm³/mol. The number of H-pyrrole nitrogens is 1. The number of phenols is 2. The highest BCUT2D eigenvalue weighted by Gasteiger charge is 2.50. The number of nitrogens with zero attached hydrogens (tertiary/aromatic N) is 3. The number of aromatic amines is 1. The molecule has 0 amide bonds. The number of hydrogen-bond acceptors (Lipinski definition) is 19. The van der Waals surface area contributed by atoms with E-state index >= 15 is 0 Å². The van der Waals surface area contributed by atoms with E-state index in [2.05, 4.69) is 15.0 Å². The molecule has 3 heterocycles. The molecule has 0 saturated carbocycles. The summed E-state index contributed by atoms with van der Waals surface area (Å²) in [6.45, 7) is -0.0547. The number of benzene rings is 2. The van der Waals surface area contributed by atoms with Gasteiger partial charge in [0.05, 0.1) is 61.7 Å². The van der Waals surface area contributed by atoms with Crippen LogP contribution in [0.4, 0.5) is 5.95 Å². The SMILES string of the molecule is COc1cccc2c1C(=O)c1c(O)c3c(c(O)c1C2=O)C[C@@](O)(C(=O)CO)C[C@@H]3O[C@H]1C[C@H](N)[C@H](O)[C@H](C)O1.Nc1nc2c(ncn2COC(CO)CO)c(=O)[nH]1. The summed E-state index contributed by atoms with van der Waals surface area (Å²) in [5.41, 5.74) is 7.81. The number of fused-ring (bicyclic) bond motifs is 4. The molecule has 6 atom stereocenters. The average molecular weight is 799 g/mol. The molecule has 12 N–H and O–H groups in total. The summed E-state index contributed by atoms with van der Waals surface area (Å²) in [4.78, 5) is 61.4. The molecular weight excluding hydrogens is 756 g/mol. The van der Waals surface area contributed by atoms with Gasteiger partial charge in [0.15, 0.2) is 29.0 Å². The van der Waals surface area contributed by atoms with Crippen LogP contribution in [0.5, 0.6) is 17.2 Å². The maximum absolute atomic E-state index is 13.6. The molecule has 21 heteroatoms. The standard InChI is InChI=1S/C27H29NO11.C9H13N5O4/c1-10-22(31)13(28)6-17(38-10)39-15-8-27(36,16(30)9-29)7-12-19(15)26(35)21-20(24(12)33)23(32)11-4-3-5-14(37-2)18(11)25(21)34;10-9-12-7-6(8(17)13-9)11-3-14(7)4-18-5(1-15)2-16/h3-5,10,13,15,17,22,29,31,33,35-36H,6-9,28H2,1-2H3;3,5,15-16H,1-2,4H2,(H3,10,12,13,17)/t10-,13-,15-,17-,22+,27-;/m0./s1. The fourth-order valence-electron chi connectivity index (χ4n) is 7.16. The van der Waals surface area contributed by atoms with Gasteiger partial charge in [-0.1, -0.05) is 12.1 Å². The van der Waals surface area contributed by atoms with Crippen LogP contribution in [0.3, 0.4) is 0 Å². The quantitative estimate of drug-likeness (QED) is 0.0685. The van der Waals surface area contributed by atoms with Crippen molar-refractivity contribution in [1.29, 1.82) is 0 Å². The van der Waals surface area contributed by atoms with Crippen LogP contribution in [-0.2, 0) is 32.2 Å². The Hall–Kier alpha value is -5.36. The van der Waals surface area contributed by atoms with Crippen molar-refractivity contribution >= 4 is 34.5 Å². The Kier molecular flexibility index (Phi) is 11.8. The largest absolute Gasteiger partial charge is 0.507 e. The Bertz CT molecular complexity index is 2260. The summed E-state index contributed by atoms with van der Waals surface area (Å²) in [6, 6.07) is 3.64. The van der Waals surface area contributed by atoms with Crippen molar-refractivity contribution < 1.29 is 69.1 Å². The first-order chi connectivity index (χ1) is 27.1. The van der Waals surface area contributed by atoms with Gasteiger partial charge >= 0.3 is 0 Å². The Morgan fingerprint density at radius 3 is 2.46 bits per heavy atom. The molecule has 0 unspecified atom stereocenters. The van der Waals surface area contributed by atoms with Crippen LogP contribution in [0.2, 0.25) is 0 Å². The minimum Gasteiger partial charge on any atom is -0.507 e. The Balaban J connectivity index is 0.000000255. The average Bonchev–Trinajstić information content (AvgIpc) is 3.59. The number of aromatic nitrogens is 4. The summed E-state index contributed by atoms with van der Waals surface area (Å²) >= 11 is 0. The minimum absolute atomic E-state index is 0.00181. The highest BCUT2D eigenvalue weighted by molar-refractivity contribution is 6.31. The van der Waals surface area contributed by atoms with Crippen molar-refractivity contribution in [2.75, 3.05) is 32.7 Å². The number of Topliss-reactive ketones (excluding diaryl/α,β-unsaturated/α-hetero) is 1. The topological polar surface area (TPSA) is 345 Å². The number of rotatable bonds is 10. The van der Waals surface area contributed by atoms with E-state index in [1.807, 2.05) is 0 Å². The third-order valence-electron chi connectivity index (χ3n) is 10.2. The van der Waals surface area contributed by atoms with Gasteiger partial charge in [-0.25, -0.2) is 4.98 Å². The van der Waals surface area contributed by atoms with E-state index in [1.165, 1.54) is 36.2 Å². The third-order valence-corrected chi connectivity index (χ3v) is 10.2. The number of hydrogen-bond donors (Lipinski definition) is 10. The van der Waals surface area contributed by atoms with E-state index in [9.17, 15) is 44.7 Å². The van der Waals surface area contributed by atoms with Gasteiger partial charge in [-0.2, -0.15) is 4.98 Å². The molecule has 0 radical (unpaired) electrons. The number of nitrogens with two attached hydrogens (primary N) is 2. The lowest BCUT2D eigenvalue weighted by atomic mass is 9.72. The lowest BCUT2D eigenvalue weighted by Crippen LogP contribution is -2.53. The van der Waals surface area contributed by atoms with Gasteiger partial charge in [-0.05, 0) is 13.0 Å². The number of carbonyl (C=O) groups excluding carboxylic acids is 3. The molecule has 4 aromatic rings. The first-order valence-corrected chi connectivity index (χ1v) is 17.6. The zero-order chi connectivity index (χ0) is 41.5. The number of nitrogen functional groups attached to an aromatic ring is 1. The molecule has 21 nitrogen and oxygen atoms in total. The van der Waals surface area contributed by atoms with Crippen molar-refractivity contribution in [2.45, 2.75) is 75.3 Å². The second kappa shape index (κ2) is 16.2. The number of aliphatic hydroxyl groups excluding tert-OH is 4. The van der Waals surface area contributed by atoms with Crippen LogP contribution in [-0.4, -0.2) is 136 Å². The molecular formula is C36H42N6O15. The molecule has 1 fully saturated rings. The number of aromatic hydroxyl groups is 2. The summed E-state index contributed by atoms with van der Waals surface area (Å²) in [5.74, 6) is -3.79. The number of ether oxygens (including phenoxy) is 4. The Morgan fingerprint density at radius 2 is 1.81 bits per heavy atom. The summed E-state index contributed by atoms with van der Waals surface area (Å²) in [6.07, 6.45) is -4.44. The molecule has 2 aromatic heterocycles. The Labute approximate surface area is 322 Å². The number of aliphatic hydroxyl groups is 5. The van der Waals surface area contributed by atoms with Crippen LogP contribution in [0, 0.1) is 0 Å². The number of carbonyl (C=O) groups is 3. The first-order valence-electron chi connectivity index (χ1n) is 17.6. The van der Waals surface area contributed by atoms with Gasteiger partial charge in [-0.3, -0.25) is 28.7 Å². The molecule has 2 aromatic carbocycles. The van der Waals surface area contributed by atoms with E-state index in [1.54, 1.807) is 6.92 Å². The molecule has 1 aliphatic heterocycles. The minimum atomic E-state index is -2.24. The number of nitrogens with one attached hydrogen (secondary N) is 1. The maximum Gasteiger partial charge on any atom is 0.280 e. The zero-order valence-corrected chi connectivity index (χ0v) is 30.6. The van der Waals surface area contributed by atoms with Gasteiger partial charge in [0.25, 0.3) is 5.56 Å². The van der Waals surface area contributed by atoms with Crippen LogP contribution >= 0.6 is 0 Å². The second-order valence-corrected chi connectivity index (χ2v) is 13.8. The first kappa shape index (κ1) is 41.3. The number of methoxy groups -OCH3 is 1. The molecule has 7 rings (SSSR count). The summed E-state index contributed by atoms with van der Waals surface area (Å²) in [5, 5.41) is 71.4. The van der Waals surface area contributed by atoms with Gasteiger partial charge in [0, 0.05) is 42.0 Å². The van der Waals surface area contributed by atoms with Crippen molar-refractivity contribution in [3.8, 4) is 17.2 Å². The van der Waals surface area contributed by atoms with Gasteiger partial charge in [0.2, 0.25) is 11.7 Å². The Morgan fingerprint density at radius 1 is 1.11 bits per heavy atom. The molecule has 57 heavy (non-hydrogen) atoms. The van der Waals surface area contributed by atoms with Crippen molar-refractivity contribution in [3.05, 3.63) is 68.3 Å². The maximum atomic E-state index is 13.6. The van der Waals surface area contributed by atoms with Crippen molar-refractivity contribution in [2.24, 2.45) is 5.73 Å². The van der Waals surface area contributed by atoms with Gasteiger partial charge < -0.3 is 66.2 Å². The number of imidazole rings is 1. The lowest BCUT2D eigenvalue weighted by molar-refractivity contribution is -0.247. The van der Waals surface area contributed by atoms with Crippen LogP contribution in [0.1, 0.15) is 68.8 Å². The lowest BCUT2D eigenvalue weighted by Gasteiger charge is -2.42. The fraction of sp³-hybridized carbons (Fsp3) is 0.444. The molecule has 2 aliphatic carbocycles. The molecule has 306 valence electrons. The van der Waals surface area contributed by atoms with Crippen LogP contribution in [0.25, 0.3) is 11.2 Å². The van der Waals surface area contributed by atoms with E-state index in [-0.39, 0.29) is 71.5 Å².